The van der Waals surface area contributed by atoms with Crippen molar-refractivity contribution < 1.29 is 4.79 Å². The molecule has 0 spiro atoms. The molecule has 186 valence electrons. The number of nitrogens with zero attached hydrogens (tertiary/aromatic N) is 2. The van der Waals surface area contributed by atoms with Gasteiger partial charge in [-0.2, -0.15) is 0 Å². The molecule has 3 aromatic carbocycles. The van der Waals surface area contributed by atoms with Crippen molar-refractivity contribution in [3.8, 4) is 0 Å². The third kappa shape index (κ3) is 7.50. The molecule has 0 saturated carbocycles. The van der Waals surface area contributed by atoms with Crippen LogP contribution in [0.2, 0.25) is 5.02 Å². The highest BCUT2D eigenvalue weighted by Gasteiger charge is 2.18. The van der Waals surface area contributed by atoms with E-state index in [9.17, 15) is 4.79 Å². The van der Waals surface area contributed by atoms with Gasteiger partial charge in [0.1, 0.15) is 10.7 Å². The van der Waals surface area contributed by atoms with Crippen molar-refractivity contribution in [1.82, 2.24) is 15.2 Å². The van der Waals surface area contributed by atoms with Crippen LogP contribution in [0.15, 0.2) is 90.3 Å². The summed E-state index contributed by atoms with van der Waals surface area (Å²) in [5.41, 5.74) is 4.29. The Labute approximate surface area is 223 Å². The highest BCUT2D eigenvalue weighted by atomic mass is 35.5. The minimum Gasteiger partial charge on any atom is -0.351 e. The number of amides is 1. The van der Waals surface area contributed by atoms with Crippen LogP contribution >= 0.6 is 22.9 Å². The van der Waals surface area contributed by atoms with E-state index in [0.717, 1.165) is 41.5 Å². The molecule has 0 radical (unpaired) electrons. The second-order valence-electron chi connectivity index (χ2n) is 8.89. The third-order valence-corrected chi connectivity index (χ3v) is 7.18. The lowest BCUT2D eigenvalue weighted by atomic mass is 9.88. The smallest absolute Gasteiger partial charge is 0.270 e. The average molecular weight is 518 g/mol. The highest BCUT2D eigenvalue weighted by Crippen LogP contribution is 2.29. The van der Waals surface area contributed by atoms with Crippen LogP contribution in [0.25, 0.3) is 0 Å². The molecule has 1 heterocycles. The zero-order valence-electron chi connectivity index (χ0n) is 20.6. The predicted octanol–water partition coefficient (Wildman–Crippen LogP) is 7.16. The first-order valence-corrected chi connectivity index (χ1v) is 13.7. The number of carbonyl (C=O) groups excluding carboxylic acids is 1. The Bertz CT molecular complexity index is 1190. The number of nitrogens with one attached hydrogen (secondary N) is 1. The molecule has 4 nitrogen and oxygen atoms in total. The van der Waals surface area contributed by atoms with Crippen molar-refractivity contribution in [2.24, 2.45) is 0 Å². The SMILES string of the molecule is CCCNC(=O)c1csc(CN(CCC(c2ccccc2)c2ccccc2)Cc2cccc(Cl)c2)n1. The molecule has 0 aliphatic carbocycles. The van der Waals surface area contributed by atoms with E-state index >= 15 is 0 Å². The van der Waals surface area contributed by atoms with Crippen molar-refractivity contribution >= 4 is 28.8 Å². The summed E-state index contributed by atoms with van der Waals surface area (Å²) in [4.78, 5) is 19.4. The van der Waals surface area contributed by atoms with Gasteiger partial charge in [-0.1, -0.05) is 91.3 Å². The van der Waals surface area contributed by atoms with Crippen LogP contribution < -0.4 is 5.32 Å². The van der Waals surface area contributed by atoms with Gasteiger partial charge < -0.3 is 5.32 Å². The van der Waals surface area contributed by atoms with E-state index in [2.05, 4.69) is 81.9 Å². The van der Waals surface area contributed by atoms with Crippen LogP contribution in [0.4, 0.5) is 0 Å². The summed E-state index contributed by atoms with van der Waals surface area (Å²) in [5.74, 6) is 0.190. The molecule has 0 saturated heterocycles. The van der Waals surface area contributed by atoms with Gasteiger partial charge in [0, 0.05) is 29.4 Å². The van der Waals surface area contributed by atoms with Crippen LogP contribution in [0.1, 0.15) is 57.9 Å². The molecule has 0 atom stereocenters. The van der Waals surface area contributed by atoms with Gasteiger partial charge in [-0.05, 0) is 48.2 Å². The summed E-state index contributed by atoms with van der Waals surface area (Å²) in [7, 11) is 0. The minimum atomic E-state index is -0.103. The van der Waals surface area contributed by atoms with E-state index < -0.39 is 0 Å². The van der Waals surface area contributed by atoms with Crippen molar-refractivity contribution in [1.29, 1.82) is 0 Å². The van der Waals surface area contributed by atoms with E-state index in [0.29, 0.717) is 24.7 Å². The Kier molecular flexibility index (Phi) is 9.68. The number of benzene rings is 3. The molecule has 4 aromatic rings. The van der Waals surface area contributed by atoms with Gasteiger partial charge in [0.2, 0.25) is 0 Å². The van der Waals surface area contributed by atoms with E-state index in [1.807, 2.05) is 30.5 Å². The third-order valence-electron chi connectivity index (χ3n) is 6.11. The zero-order chi connectivity index (χ0) is 25.2. The van der Waals surface area contributed by atoms with Gasteiger partial charge in [0.15, 0.2) is 0 Å². The maximum atomic E-state index is 12.4. The van der Waals surface area contributed by atoms with E-state index in [1.165, 1.54) is 11.1 Å². The van der Waals surface area contributed by atoms with Crippen LogP contribution in [0.5, 0.6) is 0 Å². The van der Waals surface area contributed by atoms with E-state index in [1.54, 1.807) is 11.3 Å². The number of carbonyl (C=O) groups is 1. The van der Waals surface area contributed by atoms with Gasteiger partial charge in [0.25, 0.3) is 5.91 Å². The topological polar surface area (TPSA) is 45.2 Å². The Morgan fingerprint density at radius 1 is 0.972 bits per heavy atom. The molecule has 1 N–H and O–H groups in total. The molecular weight excluding hydrogens is 486 g/mol. The number of hydrogen-bond donors (Lipinski definition) is 1. The molecule has 0 bridgehead atoms. The highest BCUT2D eigenvalue weighted by molar-refractivity contribution is 7.09. The summed E-state index contributed by atoms with van der Waals surface area (Å²) in [6, 6.07) is 29.4. The second kappa shape index (κ2) is 13.4. The fourth-order valence-electron chi connectivity index (χ4n) is 4.32. The number of aromatic nitrogens is 1. The summed E-state index contributed by atoms with van der Waals surface area (Å²) in [6.45, 7) is 5.01. The van der Waals surface area contributed by atoms with Gasteiger partial charge in [-0.25, -0.2) is 4.98 Å². The summed E-state index contributed by atoms with van der Waals surface area (Å²) >= 11 is 7.82. The van der Waals surface area contributed by atoms with Crippen LogP contribution in [0.3, 0.4) is 0 Å². The molecule has 1 aromatic heterocycles. The quantitative estimate of drug-likeness (QED) is 0.217. The first-order valence-electron chi connectivity index (χ1n) is 12.4. The lowest BCUT2D eigenvalue weighted by Gasteiger charge is -2.25. The lowest BCUT2D eigenvalue weighted by molar-refractivity contribution is 0.0949. The first kappa shape index (κ1) is 26.1. The first-order chi connectivity index (χ1) is 17.6. The van der Waals surface area contributed by atoms with Crippen molar-refractivity contribution in [2.75, 3.05) is 13.1 Å². The van der Waals surface area contributed by atoms with Gasteiger partial charge >= 0.3 is 0 Å². The average Bonchev–Trinajstić information content (AvgIpc) is 3.37. The Morgan fingerprint density at radius 3 is 2.31 bits per heavy atom. The molecule has 6 heteroatoms. The molecular formula is C30H32ClN3OS. The van der Waals surface area contributed by atoms with Gasteiger partial charge in [-0.3, -0.25) is 9.69 Å². The molecule has 0 aliphatic rings. The van der Waals surface area contributed by atoms with Gasteiger partial charge in [-0.15, -0.1) is 11.3 Å². The lowest BCUT2D eigenvalue weighted by Crippen LogP contribution is -2.26. The van der Waals surface area contributed by atoms with Crippen molar-refractivity contribution in [3.05, 3.63) is 123 Å². The number of thiazole rings is 1. The minimum absolute atomic E-state index is 0.103. The largest absolute Gasteiger partial charge is 0.351 e. The number of rotatable bonds is 12. The summed E-state index contributed by atoms with van der Waals surface area (Å²) in [6.07, 6.45) is 1.87. The van der Waals surface area contributed by atoms with Gasteiger partial charge in [0.05, 0.1) is 6.54 Å². The maximum absolute atomic E-state index is 12.4. The van der Waals surface area contributed by atoms with E-state index in [-0.39, 0.29) is 5.91 Å². The molecule has 0 unspecified atom stereocenters. The molecule has 36 heavy (non-hydrogen) atoms. The standard InChI is InChI=1S/C30H32ClN3OS/c1-2-17-32-30(35)28-22-36-29(33-28)21-34(20-23-10-9-15-26(31)19-23)18-16-27(24-11-5-3-6-12-24)25-13-7-4-8-14-25/h3-15,19,22,27H,2,16-18,20-21H2,1H3,(H,32,35). The maximum Gasteiger partial charge on any atom is 0.270 e. The predicted molar refractivity (Wildman–Crippen MR) is 150 cm³/mol. The van der Waals surface area contributed by atoms with Crippen LogP contribution in [-0.2, 0) is 13.1 Å². The summed E-state index contributed by atoms with van der Waals surface area (Å²) < 4.78 is 0. The molecule has 4 rings (SSSR count). The van der Waals surface area contributed by atoms with Crippen molar-refractivity contribution in [2.45, 2.75) is 38.8 Å². The normalized spacial score (nSPS) is 11.2. The molecule has 1 amide bonds. The Morgan fingerprint density at radius 2 is 1.67 bits per heavy atom. The monoisotopic (exact) mass is 517 g/mol. The Balaban J connectivity index is 1.53. The van der Waals surface area contributed by atoms with E-state index in [4.69, 9.17) is 11.6 Å². The number of halogens is 1. The Hall–Kier alpha value is -2.99. The summed E-state index contributed by atoms with van der Waals surface area (Å²) in [5, 5.41) is 6.45. The van der Waals surface area contributed by atoms with Crippen LogP contribution in [0, 0.1) is 0 Å². The van der Waals surface area contributed by atoms with Crippen molar-refractivity contribution in [3.63, 3.8) is 0 Å². The second-order valence-corrected chi connectivity index (χ2v) is 10.3. The fraction of sp³-hybridized carbons (Fsp3) is 0.267. The number of hydrogen-bond acceptors (Lipinski definition) is 4. The molecule has 0 aliphatic heterocycles. The fourth-order valence-corrected chi connectivity index (χ4v) is 5.35. The zero-order valence-corrected chi connectivity index (χ0v) is 22.1. The van der Waals surface area contributed by atoms with Crippen LogP contribution in [-0.4, -0.2) is 28.9 Å². The molecule has 0 fully saturated rings.